The highest BCUT2D eigenvalue weighted by atomic mass is 15.1. The maximum absolute atomic E-state index is 3.77. The number of nitrogens with one attached hydrogen (secondary N) is 1. The topological polar surface area (TPSA) is 15.3 Å². The first-order valence-electron chi connectivity index (χ1n) is 8.27. The number of piperidine rings is 1. The lowest BCUT2D eigenvalue weighted by Crippen LogP contribution is -2.39. The van der Waals surface area contributed by atoms with Crippen LogP contribution < -0.4 is 5.32 Å². The largest absolute Gasteiger partial charge is 0.382 e. The van der Waals surface area contributed by atoms with E-state index in [9.17, 15) is 0 Å². The number of likely N-dealkylation sites (tertiary alicyclic amines) is 1. The summed E-state index contributed by atoms with van der Waals surface area (Å²) in [5.41, 5.74) is 4.18. The van der Waals surface area contributed by atoms with Gasteiger partial charge in [-0.3, -0.25) is 4.90 Å². The van der Waals surface area contributed by atoms with Gasteiger partial charge in [-0.15, -0.1) is 0 Å². The third-order valence-electron chi connectivity index (χ3n) is 4.29. The zero-order valence-electron chi connectivity index (χ0n) is 14.0. The molecule has 0 atom stereocenters. The minimum atomic E-state index is 0.575. The van der Waals surface area contributed by atoms with E-state index in [0.717, 1.165) is 6.54 Å². The molecule has 0 amide bonds. The van der Waals surface area contributed by atoms with Crippen molar-refractivity contribution in [3.63, 3.8) is 0 Å². The molecule has 1 heterocycles. The first kappa shape index (κ1) is 16.1. The van der Waals surface area contributed by atoms with E-state index in [1.54, 1.807) is 0 Å². The summed E-state index contributed by atoms with van der Waals surface area (Å²) in [5.74, 6) is 0.575. The summed E-state index contributed by atoms with van der Waals surface area (Å²) in [4.78, 5) is 2.56. The van der Waals surface area contributed by atoms with Crippen molar-refractivity contribution >= 4 is 5.69 Å². The van der Waals surface area contributed by atoms with Crippen LogP contribution in [0.15, 0.2) is 35.9 Å². The monoisotopic (exact) mass is 286 g/mol. The Balaban J connectivity index is 1.88. The van der Waals surface area contributed by atoms with Crippen molar-refractivity contribution in [2.24, 2.45) is 0 Å². The Hall–Kier alpha value is -1.28. The van der Waals surface area contributed by atoms with Gasteiger partial charge >= 0.3 is 0 Å². The SMILES string of the molecule is CC(C)=CCN1CCC(Nc2ccccc2C(C)C)CC1. The van der Waals surface area contributed by atoms with Crippen molar-refractivity contribution in [1.29, 1.82) is 0 Å². The summed E-state index contributed by atoms with van der Waals surface area (Å²) in [5, 5.41) is 3.77. The molecule has 1 aliphatic heterocycles. The Morgan fingerprint density at radius 3 is 2.52 bits per heavy atom. The fraction of sp³-hybridized carbons (Fsp3) is 0.579. The second kappa shape index (κ2) is 7.65. The highest BCUT2D eigenvalue weighted by Gasteiger charge is 2.19. The molecule has 1 saturated heterocycles. The Morgan fingerprint density at radius 1 is 1.24 bits per heavy atom. The molecular weight excluding hydrogens is 256 g/mol. The molecule has 1 aromatic rings. The van der Waals surface area contributed by atoms with E-state index in [-0.39, 0.29) is 0 Å². The zero-order valence-corrected chi connectivity index (χ0v) is 14.0. The molecule has 1 aliphatic rings. The van der Waals surface area contributed by atoms with Crippen LogP contribution in [0.3, 0.4) is 0 Å². The predicted octanol–water partition coefficient (Wildman–Crippen LogP) is 4.65. The number of rotatable bonds is 5. The first-order chi connectivity index (χ1) is 10.1. The Kier molecular flexibility index (Phi) is 5.86. The molecule has 0 aliphatic carbocycles. The number of benzene rings is 1. The number of hydrogen-bond acceptors (Lipinski definition) is 2. The lowest BCUT2D eigenvalue weighted by Gasteiger charge is -2.33. The highest BCUT2D eigenvalue weighted by molar-refractivity contribution is 5.53. The van der Waals surface area contributed by atoms with Crippen molar-refractivity contribution in [1.82, 2.24) is 4.90 Å². The van der Waals surface area contributed by atoms with Crippen LogP contribution in [0.25, 0.3) is 0 Å². The molecule has 2 rings (SSSR count). The molecule has 0 unspecified atom stereocenters. The average Bonchev–Trinajstić information content (AvgIpc) is 2.47. The van der Waals surface area contributed by atoms with Gasteiger partial charge in [0, 0.05) is 31.4 Å². The third kappa shape index (κ3) is 4.89. The molecule has 2 heteroatoms. The number of hydrogen-bond donors (Lipinski definition) is 1. The molecular formula is C19H30N2. The van der Waals surface area contributed by atoms with Crippen molar-refractivity contribution in [3.05, 3.63) is 41.5 Å². The van der Waals surface area contributed by atoms with Gasteiger partial charge < -0.3 is 5.32 Å². The van der Waals surface area contributed by atoms with Crippen LogP contribution >= 0.6 is 0 Å². The van der Waals surface area contributed by atoms with Gasteiger partial charge in [0.2, 0.25) is 0 Å². The lowest BCUT2D eigenvalue weighted by atomic mass is 9.99. The molecule has 2 nitrogen and oxygen atoms in total. The van der Waals surface area contributed by atoms with E-state index in [0.29, 0.717) is 12.0 Å². The highest BCUT2D eigenvalue weighted by Crippen LogP contribution is 2.26. The van der Waals surface area contributed by atoms with E-state index < -0.39 is 0 Å². The maximum atomic E-state index is 3.77. The normalized spacial score (nSPS) is 17.0. The molecule has 1 fully saturated rings. The standard InChI is InChI=1S/C19H30N2/c1-15(2)9-12-21-13-10-17(11-14-21)20-19-8-6-5-7-18(19)16(3)4/h5-9,16-17,20H,10-14H2,1-4H3. The molecule has 1 N–H and O–H groups in total. The van der Waals surface area contributed by atoms with Crippen molar-refractivity contribution in [2.75, 3.05) is 25.0 Å². The van der Waals surface area contributed by atoms with Crippen LogP contribution in [0.2, 0.25) is 0 Å². The molecule has 0 saturated carbocycles. The van der Waals surface area contributed by atoms with Crippen molar-refractivity contribution < 1.29 is 0 Å². The molecule has 116 valence electrons. The summed E-state index contributed by atoms with van der Waals surface area (Å²) >= 11 is 0. The van der Waals surface area contributed by atoms with E-state index in [1.807, 2.05) is 0 Å². The third-order valence-corrected chi connectivity index (χ3v) is 4.29. The van der Waals surface area contributed by atoms with E-state index >= 15 is 0 Å². The number of anilines is 1. The predicted molar refractivity (Wildman–Crippen MR) is 93.0 cm³/mol. The van der Waals surface area contributed by atoms with E-state index in [4.69, 9.17) is 0 Å². The number of nitrogens with zero attached hydrogens (tertiary/aromatic N) is 1. The summed E-state index contributed by atoms with van der Waals surface area (Å²) in [7, 11) is 0. The lowest BCUT2D eigenvalue weighted by molar-refractivity contribution is 0.240. The van der Waals surface area contributed by atoms with E-state index in [2.05, 4.69) is 68.3 Å². The molecule has 0 aromatic heterocycles. The van der Waals surface area contributed by atoms with Gasteiger partial charge in [0.1, 0.15) is 0 Å². The fourth-order valence-corrected chi connectivity index (χ4v) is 2.92. The second-order valence-corrected chi connectivity index (χ2v) is 6.74. The van der Waals surface area contributed by atoms with Crippen molar-refractivity contribution in [3.8, 4) is 0 Å². The summed E-state index contributed by atoms with van der Waals surface area (Å²) < 4.78 is 0. The fourth-order valence-electron chi connectivity index (χ4n) is 2.92. The average molecular weight is 286 g/mol. The second-order valence-electron chi connectivity index (χ2n) is 6.74. The Labute approximate surface area is 130 Å². The molecule has 0 radical (unpaired) electrons. The summed E-state index contributed by atoms with van der Waals surface area (Å²) in [6.07, 6.45) is 4.81. The minimum absolute atomic E-state index is 0.575. The van der Waals surface area contributed by atoms with Gasteiger partial charge in [-0.05, 0) is 44.2 Å². The smallest absolute Gasteiger partial charge is 0.0377 e. The van der Waals surface area contributed by atoms with Gasteiger partial charge in [0.25, 0.3) is 0 Å². The zero-order chi connectivity index (χ0) is 15.2. The Morgan fingerprint density at radius 2 is 1.90 bits per heavy atom. The summed E-state index contributed by atoms with van der Waals surface area (Å²) in [6, 6.07) is 9.37. The van der Waals surface area contributed by atoms with Crippen LogP contribution in [0, 0.1) is 0 Å². The van der Waals surface area contributed by atoms with Gasteiger partial charge in [-0.1, -0.05) is 43.7 Å². The number of para-hydroxylation sites is 1. The molecule has 0 bridgehead atoms. The summed E-state index contributed by atoms with van der Waals surface area (Å²) in [6.45, 7) is 12.4. The van der Waals surface area contributed by atoms with Crippen LogP contribution in [0.5, 0.6) is 0 Å². The van der Waals surface area contributed by atoms with Crippen molar-refractivity contribution in [2.45, 2.75) is 52.5 Å². The maximum Gasteiger partial charge on any atom is 0.0377 e. The van der Waals surface area contributed by atoms with Gasteiger partial charge in [-0.2, -0.15) is 0 Å². The Bertz CT molecular complexity index is 464. The number of allylic oxidation sites excluding steroid dienone is 1. The van der Waals surface area contributed by atoms with Gasteiger partial charge in [0.15, 0.2) is 0 Å². The quantitative estimate of drug-likeness (QED) is 0.792. The molecule has 1 aromatic carbocycles. The van der Waals surface area contributed by atoms with E-state index in [1.165, 1.54) is 42.8 Å². The minimum Gasteiger partial charge on any atom is -0.382 e. The van der Waals surface area contributed by atoms with Crippen LogP contribution in [0.1, 0.15) is 52.0 Å². The van der Waals surface area contributed by atoms with Gasteiger partial charge in [-0.25, -0.2) is 0 Å². The van der Waals surface area contributed by atoms with Crippen LogP contribution in [-0.2, 0) is 0 Å². The molecule has 21 heavy (non-hydrogen) atoms. The van der Waals surface area contributed by atoms with Crippen LogP contribution in [0.4, 0.5) is 5.69 Å². The molecule has 0 spiro atoms. The van der Waals surface area contributed by atoms with Crippen LogP contribution in [-0.4, -0.2) is 30.6 Å². The van der Waals surface area contributed by atoms with Gasteiger partial charge in [0.05, 0.1) is 0 Å². The first-order valence-corrected chi connectivity index (χ1v) is 8.27.